The molecule has 1 fully saturated rings. The van der Waals surface area contributed by atoms with Gasteiger partial charge in [0.1, 0.15) is 0 Å². The maximum atomic E-state index is 10.6. The molecule has 0 aromatic heterocycles. The van der Waals surface area contributed by atoms with Gasteiger partial charge < -0.3 is 5.11 Å². The second kappa shape index (κ2) is 2.84. The molecule has 2 rings (SSSR count). The molecular formula is C12H14O2. The molecule has 0 bridgehead atoms. The fourth-order valence-electron chi connectivity index (χ4n) is 1.89. The number of rotatable bonds is 2. The third-order valence-corrected chi connectivity index (χ3v) is 3.07. The van der Waals surface area contributed by atoms with E-state index in [1.165, 1.54) is 12.0 Å². The van der Waals surface area contributed by atoms with Gasteiger partial charge >= 0.3 is 5.97 Å². The van der Waals surface area contributed by atoms with Crippen LogP contribution in [0.1, 0.15) is 42.1 Å². The lowest BCUT2D eigenvalue weighted by Gasteiger charge is -2.03. The summed E-state index contributed by atoms with van der Waals surface area (Å²) in [5.41, 5.74) is 2.04. The van der Waals surface area contributed by atoms with E-state index in [-0.39, 0.29) is 0 Å². The summed E-state index contributed by atoms with van der Waals surface area (Å²) >= 11 is 0. The third kappa shape index (κ3) is 1.52. The van der Waals surface area contributed by atoms with Crippen LogP contribution in [0.5, 0.6) is 0 Å². The minimum absolute atomic E-state index is 0.368. The second-order valence-corrected chi connectivity index (χ2v) is 4.67. The Kier molecular flexibility index (Phi) is 1.88. The Morgan fingerprint density at radius 1 is 1.36 bits per heavy atom. The fraction of sp³-hybridized carbons (Fsp3) is 0.417. The Labute approximate surface area is 83.6 Å². The monoisotopic (exact) mass is 190 g/mol. The average Bonchev–Trinajstić information content (AvgIpc) is 2.75. The van der Waals surface area contributed by atoms with Crippen molar-refractivity contribution in [2.24, 2.45) is 5.41 Å². The SMILES string of the molecule is CC1(C)C[C@H]1c1ccc(C(=O)O)cc1. The molecule has 0 radical (unpaired) electrons. The van der Waals surface area contributed by atoms with Crippen molar-refractivity contribution in [3.8, 4) is 0 Å². The van der Waals surface area contributed by atoms with Gasteiger partial charge in [0, 0.05) is 0 Å². The summed E-state index contributed by atoms with van der Waals surface area (Å²) in [5, 5.41) is 8.73. The number of hydrogen-bond acceptors (Lipinski definition) is 1. The van der Waals surface area contributed by atoms with Crippen LogP contribution in [0.4, 0.5) is 0 Å². The molecule has 2 nitrogen and oxygen atoms in total. The van der Waals surface area contributed by atoms with Crippen LogP contribution in [0.15, 0.2) is 24.3 Å². The molecule has 74 valence electrons. The topological polar surface area (TPSA) is 37.3 Å². The largest absolute Gasteiger partial charge is 0.478 e. The average molecular weight is 190 g/mol. The van der Waals surface area contributed by atoms with Crippen molar-refractivity contribution in [3.05, 3.63) is 35.4 Å². The zero-order valence-corrected chi connectivity index (χ0v) is 8.45. The predicted molar refractivity (Wildman–Crippen MR) is 54.5 cm³/mol. The van der Waals surface area contributed by atoms with E-state index in [2.05, 4.69) is 13.8 Å². The van der Waals surface area contributed by atoms with Crippen LogP contribution in [0.25, 0.3) is 0 Å². The highest BCUT2D eigenvalue weighted by atomic mass is 16.4. The van der Waals surface area contributed by atoms with Crippen molar-refractivity contribution < 1.29 is 9.90 Å². The van der Waals surface area contributed by atoms with Crippen molar-refractivity contribution in [1.29, 1.82) is 0 Å². The summed E-state index contributed by atoms with van der Waals surface area (Å²) in [4.78, 5) is 10.6. The number of hydrogen-bond donors (Lipinski definition) is 1. The number of carboxylic acid groups (broad SMARTS) is 1. The van der Waals surface area contributed by atoms with Gasteiger partial charge in [-0.25, -0.2) is 4.79 Å². The quantitative estimate of drug-likeness (QED) is 0.778. The molecule has 1 N–H and O–H groups in total. The minimum atomic E-state index is -0.855. The third-order valence-electron chi connectivity index (χ3n) is 3.07. The standard InChI is InChI=1S/C12H14O2/c1-12(2)7-10(12)8-3-5-9(6-4-8)11(13)14/h3-6,10H,7H2,1-2H3,(H,13,14)/t10-/m0/s1. The van der Waals surface area contributed by atoms with Gasteiger partial charge in [0.05, 0.1) is 5.56 Å². The molecule has 1 aliphatic carbocycles. The van der Waals surface area contributed by atoms with Gasteiger partial charge in [-0.3, -0.25) is 0 Å². The van der Waals surface area contributed by atoms with Crippen molar-refractivity contribution in [2.75, 3.05) is 0 Å². The first-order valence-corrected chi connectivity index (χ1v) is 4.84. The lowest BCUT2D eigenvalue weighted by Crippen LogP contribution is -1.96. The van der Waals surface area contributed by atoms with Crippen molar-refractivity contribution in [1.82, 2.24) is 0 Å². The van der Waals surface area contributed by atoms with Crippen LogP contribution in [0.3, 0.4) is 0 Å². The van der Waals surface area contributed by atoms with Crippen LogP contribution >= 0.6 is 0 Å². The number of carbonyl (C=O) groups is 1. The van der Waals surface area contributed by atoms with Gasteiger partial charge in [0.15, 0.2) is 0 Å². The lowest BCUT2D eigenvalue weighted by atomic mass is 10.0. The van der Waals surface area contributed by atoms with Gasteiger partial charge in [-0.15, -0.1) is 0 Å². The van der Waals surface area contributed by atoms with Crippen LogP contribution in [0, 0.1) is 5.41 Å². The summed E-state index contributed by atoms with van der Waals surface area (Å²) in [6.07, 6.45) is 1.21. The van der Waals surface area contributed by atoms with E-state index in [4.69, 9.17) is 5.11 Å². The summed E-state index contributed by atoms with van der Waals surface area (Å²) in [6.45, 7) is 4.48. The first-order chi connectivity index (χ1) is 6.50. The maximum Gasteiger partial charge on any atom is 0.335 e. The summed E-state index contributed by atoms with van der Waals surface area (Å²) in [7, 11) is 0. The van der Waals surface area contributed by atoms with Crippen LogP contribution in [-0.2, 0) is 0 Å². The number of aromatic carboxylic acids is 1. The number of benzene rings is 1. The van der Waals surface area contributed by atoms with Crippen LogP contribution in [0.2, 0.25) is 0 Å². The maximum absolute atomic E-state index is 10.6. The molecule has 0 aliphatic heterocycles. The van der Waals surface area contributed by atoms with E-state index in [9.17, 15) is 4.79 Å². The van der Waals surface area contributed by atoms with Crippen molar-refractivity contribution in [2.45, 2.75) is 26.2 Å². The van der Waals surface area contributed by atoms with Gasteiger partial charge in [-0.2, -0.15) is 0 Å². The Balaban J connectivity index is 2.20. The van der Waals surface area contributed by atoms with E-state index in [0.29, 0.717) is 16.9 Å². The molecule has 0 spiro atoms. The molecule has 2 heteroatoms. The van der Waals surface area contributed by atoms with Gasteiger partial charge in [-0.1, -0.05) is 26.0 Å². The highest BCUT2D eigenvalue weighted by Gasteiger charge is 2.46. The molecular weight excluding hydrogens is 176 g/mol. The van der Waals surface area contributed by atoms with E-state index < -0.39 is 5.97 Å². The Hall–Kier alpha value is -1.31. The molecule has 1 aliphatic rings. The first-order valence-electron chi connectivity index (χ1n) is 4.84. The molecule has 1 aromatic carbocycles. The molecule has 0 heterocycles. The van der Waals surface area contributed by atoms with Gasteiger partial charge in [-0.05, 0) is 35.4 Å². The van der Waals surface area contributed by atoms with E-state index in [1.54, 1.807) is 12.1 Å². The lowest BCUT2D eigenvalue weighted by molar-refractivity contribution is 0.0697. The van der Waals surface area contributed by atoms with Crippen molar-refractivity contribution in [3.63, 3.8) is 0 Å². The zero-order valence-electron chi connectivity index (χ0n) is 8.45. The Morgan fingerprint density at radius 3 is 2.21 bits per heavy atom. The summed E-state index contributed by atoms with van der Waals surface area (Å²) in [5.74, 6) is -0.239. The Morgan fingerprint density at radius 2 is 1.86 bits per heavy atom. The summed E-state index contributed by atoms with van der Waals surface area (Å²) < 4.78 is 0. The van der Waals surface area contributed by atoms with Crippen LogP contribution in [-0.4, -0.2) is 11.1 Å². The Bertz CT molecular complexity index is 362. The highest BCUT2D eigenvalue weighted by molar-refractivity contribution is 5.87. The normalized spacial score (nSPS) is 23.1. The molecule has 0 amide bonds. The van der Waals surface area contributed by atoms with Crippen molar-refractivity contribution >= 4 is 5.97 Å². The van der Waals surface area contributed by atoms with E-state index in [0.717, 1.165) is 0 Å². The molecule has 0 unspecified atom stereocenters. The van der Waals surface area contributed by atoms with Gasteiger partial charge in [0.2, 0.25) is 0 Å². The summed E-state index contributed by atoms with van der Waals surface area (Å²) in [6, 6.07) is 7.24. The zero-order chi connectivity index (χ0) is 10.3. The molecule has 1 aromatic rings. The smallest absolute Gasteiger partial charge is 0.335 e. The molecule has 14 heavy (non-hydrogen) atoms. The highest BCUT2D eigenvalue weighted by Crippen LogP contribution is 2.58. The van der Waals surface area contributed by atoms with Gasteiger partial charge in [0.25, 0.3) is 0 Å². The van der Waals surface area contributed by atoms with E-state index >= 15 is 0 Å². The molecule has 0 saturated heterocycles. The second-order valence-electron chi connectivity index (χ2n) is 4.67. The number of carboxylic acids is 1. The first kappa shape index (κ1) is 9.25. The van der Waals surface area contributed by atoms with Crippen LogP contribution < -0.4 is 0 Å². The fourth-order valence-corrected chi connectivity index (χ4v) is 1.89. The molecule has 1 saturated carbocycles. The molecule has 1 atom stereocenters. The van der Waals surface area contributed by atoms with E-state index in [1.807, 2.05) is 12.1 Å². The predicted octanol–water partition coefficient (Wildman–Crippen LogP) is 2.90. The minimum Gasteiger partial charge on any atom is -0.478 e.